The second kappa shape index (κ2) is 4.49. The van der Waals surface area contributed by atoms with Gasteiger partial charge in [0.25, 0.3) is 0 Å². The van der Waals surface area contributed by atoms with Gasteiger partial charge in [-0.2, -0.15) is 0 Å². The van der Waals surface area contributed by atoms with Crippen LogP contribution in [-0.4, -0.2) is 36.6 Å². The van der Waals surface area contributed by atoms with Gasteiger partial charge in [-0.1, -0.05) is 12.8 Å². The lowest BCUT2D eigenvalue weighted by molar-refractivity contribution is 0.108. The van der Waals surface area contributed by atoms with Gasteiger partial charge < -0.3 is 5.32 Å². The van der Waals surface area contributed by atoms with Gasteiger partial charge in [0.15, 0.2) is 0 Å². The van der Waals surface area contributed by atoms with Crippen molar-refractivity contribution in [1.29, 1.82) is 0 Å². The normalized spacial score (nSPS) is 32.5. The lowest BCUT2D eigenvalue weighted by Crippen LogP contribution is -2.59. The van der Waals surface area contributed by atoms with Gasteiger partial charge in [-0.05, 0) is 56.3 Å². The van der Waals surface area contributed by atoms with E-state index in [2.05, 4.69) is 10.2 Å². The number of nitrogens with one attached hydrogen (secondary N) is 1. The van der Waals surface area contributed by atoms with Crippen LogP contribution in [0.1, 0.15) is 51.4 Å². The minimum absolute atomic E-state index is 0.524. The molecule has 0 radical (unpaired) electrons. The molecular weight excluding hydrogens is 220 g/mol. The predicted octanol–water partition coefficient (Wildman–Crippen LogP) is 2.64. The number of rotatable bonds is 4. The summed E-state index contributed by atoms with van der Waals surface area (Å²) in [7, 11) is 0. The van der Waals surface area contributed by atoms with E-state index in [1.54, 1.807) is 25.7 Å². The first-order valence-electron chi connectivity index (χ1n) is 8.32. The third kappa shape index (κ3) is 2.34. The summed E-state index contributed by atoms with van der Waals surface area (Å²) in [6.45, 7) is 5.32. The molecule has 1 spiro atoms. The third-order valence-electron chi connectivity index (χ3n) is 5.94. The minimum Gasteiger partial charge on any atom is -0.309 e. The van der Waals surface area contributed by atoms with Crippen LogP contribution in [0.4, 0.5) is 0 Å². The SMILES string of the molecule is C1CCC2(C1)CN(CC(C1CC1)C1CC1)CCN2. The summed E-state index contributed by atoms with van der Waals surface area (Å²) < 4.78 is 0. The van der Waals surface area contributed by atoms with E-state index in [-0.39, 0.29) is 0 Å². The molecule has 2 nitrogen and oxygen atoms in total. The van der Waals surface area contributed by atoms with E-state index in [0.29, 0.717) is 5.54 Å². The molecule has 0 amide bonds. The Kier molecular flexibility index (Phi) is 2.92. The summed E-state index contributed by atoms with van der Waals surface area (Å²) in [4.78, 5) is 2.82. The van der Waals surface area contributed by atoms with Crippen LogP contribution in [0.5, 0.6) is 0 Å². The van der Waals surface area contributed by atoms with Crippen molar-refractivity contribution in [3.05, 3.63) is 0 Å². The molecule has 4 aliphatic rings. The molecule has 0 unspecified atom stereocenters. The first-order chi connectivity index (χ1) is 8.85. The lowest BCUT2D eigenvalue weighted by Gasteiger charge is -2.43. The first-order valence-corrected chi connectivity index (χ1v) is 8.32. The van der Waals surface area contributed by atoms with Crippen LogP contribution in [0.15, 0.2) is 0 Å². The molecule has 1 heterocycles. The minimum atomic E-state index is 0.524. The van der Waals surface area contributed by atoms with E-state index < -0.39 is 0 Å². The highest BCUT2D eigenvalue weighted by molar-refractivity contribution is 5.00. The van der Waals surface area contributed by atoms with Crippen molar-refractivity contribution in [2.45, 2.75) is 56.9 Å². The standard InChI is InChI=1S/C16H28N2/c1-2-8-16(7-1)12-18(10-9-17-16)11-15(13-3-4-13)14-5-6-14/h13-15,17H,1-12H2. The van der Waals surface area contributed by atoms with E-state index >= 15 is 0 Å². The Bertz CT molecular complexity index is 288. The summed E-state index contributed by atoms with van der Waals surface area (Å²) in [6, 6.07) is 0. The Balaban J connectivity index is 1.38. The Morgan fingerprint density at radius 1 is 1.06 bits per heavy atom. The lowest BCUT2D eigenvalue weighted by atomic mass is 9.92. The number of piperazine rings is 1. The first kappa shape index (κ1) is 11.7. The Morgan fingerprint density at radius 3 is 2.33 bits per heavy atom. The van der Waals surface area contributed by atoms with Crippen molar-refractivity contribution in [1.82, 2.24) is 10.2 Å². The Hall–Kier alpha value is -0.0800. The van der Waals surface area contributed by atoms with Crippen LogP contribution in [0.2, 0.25) is 0 Å². The third-order valence-corrected chi connectivity index (χ3v) is 5.94. The highest BCUT2D eigenvalue weighted by Crippen LogP contribution is 2.49. The number of hydrogen-bond acceptors (Lipinski definition) is 2. The maximum atomic E-state index is 3.85. The van der Waals surface area contributed by atoms with Crippen LogP contribution in [0.3, 0.4) is 0 Å². The fourth-order valence-corrected chi connectivity index (χ4v) is 4.61. The van der Waals surface area contributed by atoms with Crippen molar-refractivity contribution in [3.8, 4) is 0 Å². The van der Waals surface area contributed by atoms with Gasteiger partial charge >= 0.3 is 0 Å². The van der Waals surface area contributed by atoms with Gasteiger partial charge in [-0.15, -0.1) is 0 Å². The fraction of sp³-hybridized carbons (Fsp3) is 1.00. The molecule has 1 aliphatic heterocycles. The summed E-state index contributed by atoms with van der Waals surface area (Å²) >= 11 is 0. The predicted molar refractivity (Wildman–Crippen MR) is 74.6 cm³/mol. The van der Waals surface area contributed by atoms with Gasteiger partial charge in [-0.25, -0.2) is 0 Å². The van der Waals surface area contributed by atoms with Crippen LogP contribution < -0.4 is 5.32 Å². The Morgan fingerprint density at radius 2 is 1.72 bits per heavy atom. The molecular formula is C16H28N2. The fourth-order valence-electron chi connectivity index (χ4n) is 4.61. The average molecular weight is 248 g/mol. The topological polar surface area (TPSA) is 15.3 Å². The van der Waals surface area contributed by atoms with Gasteiger partial charge in [0.2, 0.25) is 0 Å². The number of hydrogen-bond donors (Lipinski definition) is 1. The summed E-state index contributed by atoms with van der Waals surface area (Å²) in [5.74, 6) is 3.31. The van der Waals surface area contributed by atoms with Crippen LogP contribution >= 0.6 is 0 Å². The van der Waals surface area contributed by atoms with Crippen LogP contribution in [0, 0.1) is 17.8 Å². The molecule has 18 heavy (non-hydrogen) atoms. The highest BCUT2D eigenvalue weighted by Gasteiger charge is 2.44. The highest BCUT2D eigenvalue weighted by atomic mass is 15.2. The average Bonchev–Trinajstić information content (AvgIpc) is 3.28. The molecule has 0 aromatic rings. The molecule has 0 bridgehead atoms. The van der Waals surface area contributed by atoms with Gasteiger partial charge in [0.05, 0.1) is 0 Å². The van der Waals surface area contributed by atoms with Gasteiger partial charge in [0.1, 0.15) is 0 Å². The van der Waals surface area contributed by atoms with E-state index in [9.17, 15) is 0 Å². The maximum absolute atomic E-state index is 3.85. The van der Waals surface area contributed by atoms with E-state index in [0.717, 1.165) is 17.8 Å². The molecule has 4 rings (SSSR count). The second-order valence-electron chi connectivity index (χ2n) is 7.49. The molecule has 3 saturated carbocycles. The van der Waals surface area contributed by atoms with Crippen molar-refractivity contribution in [3.63, 3.8) is 0 Å². The van der Waals surface area contributed by atoms with Crippen molar-refractivity contribution in [2.24, 2.45) is 17.8 Å². The molecule has 0 aromatic heterocycles. The smallest absolute Gasteiger partial charge is 0.0309 e. The van der Waals surface area contributed by atoms with E-state index in [4.69, 9.17) is 0 Å². The summed E-state index contributed by atoms with van der Waals surface area (Å²) in [5, 5.41) is 3.85. The summed E-state index contributed by atoms with van der Waals surface area (Å²) in [5.41, 5.74) is 0.524. The van der Waals surface area contributed by atoms with Gasteiger partial charge in [0, 0.05) is 31.7 Å². The molecule has 3 aliphatic carbocycles. The quantitative estimate of drug-likeness (QED) is 0.823. The van der Waals surface area contributed by atoms with Crippen molar-refractivity contribution >= 4 is 0 Å². The zero-order valence-corrected chi connectivity index (χ0v) is 11.7. The van der Waals surface area contributed by atoms with Crippen molar-refractivity contribution in [2.75, 3.05) is 26.2 Å². The summed E-state index contributed by atoms with van der Waals surface area (Å²) in [6.07, 6.45) is 11.9. The molecule has 0 atom stereocenters. The largest absolute Gasteiger partial charge is 0.309 e. The number of nitrogens with zero attached hydrogens (tertiary/aromatic N) is 1. The molecule has 2 heteroatoms. The maximum Gasteiger partial charge on any atom is 0.0309 e. The molecule has 4 fully saturated rings. The van der Waals surface area contributed by atoms with Crippen molar-refractivity contribution < 1.29 is 0 Å². The van der Waals surface area contributed by atoms with Gasteiger partial charge in [-0.3, -0.25) is 4.90 Å². The monoisotopic (exact) mass is 248 g/mol. The second-order valence-corrected chi connectivity index (χ2v) is 7.49. The Labute approximate surface area is 111 Å². The van der Waals surface area contributed by atoms with E-state index in [1.165, 1.54) is 51.9 Å². The zero-order chi connectivity index (χ0) is 12.0. The molecule has 1 N–H and O–H groups in total. The zero-order valence-electron chi connectivity index (χ0n) is 11.7. The van der Waals surface area contributed by atoms with E-state index in [1.807, 2.05) is 0 Å². The van der Waals surface area contributed by atoms with Crippen LogP contribution in [-0.2, 0) is 0 Å². The van der Waals surface area contributed by atoms with Crippen LogP contribution in [0.25, 0.3) is 0 Å². The molecule has 0 aromatic carbocycles. The molecule has 102 valence electrons. The molecule has 1 saturated heterocycles.